The van der Waals surface area contributed by atoms with Crippen molar-refractivity contribution in [1.29, 1.82) is 0 Å². The molecule has 0 aliphatic carbocycles. The molecule has 0 heterocycles. The summed E-state index contributed by atoms with van der Waals surface area (Å²) in [5.41, 5.74) is 8.43. The monoisotopic (exact) mass is 821 g/mol. The Labute approximate surface area is 347 Å². The maximum Gasteiger partial charge on any atom is 0.123 e. The third-order valence-electron chi connectivity index (χ3n) is 10.3. The smallest absolute Gasteiger partial charge is 0.123 e. The van der Waals surface area contributed by atoms with Crippen molar-refractivity contribution < 1.29 is 13.2 Å². The average Bonchev–Trinajstić information content (AvgIpc) is 3.15. The molecule has 0 aliphatic rings. The van der Waals surface area contributed by atoms with Gasteiger partial charge in [0.25, 0.3) is 0 Å². The normalized spacial score (nSPS) is 12.6. The molecule has 0 bridgehead atoms. The van der Waals surface area contributed by atoms with E-state index in [2.05, 4.69) is 137 Å². The molecule has 0 spiro atoms. The summed E-state index contributed by atoms with van der Waals surface area (Å²) >= 11 is 0. The van der Waals surface area contributed by atoms with Crippen molar-refractivity contribution in [2.24, 2.45) is 0 Å². The predicted octanol–water partition coefficient (Wildman–Crippen LogP) is 13.7. The van der Waals surface area contributed by atoms with Gasteiger partial charge in [0, 0.05) is 17.1 Å². The zero-order valence-corrected chi connectivity index (χ0v) is 38.2. The van der Waals surface area contributed by atoms with Gasteiger partial charge in [0.1, 0.15) is 17.5 Å². The molecule has 0 unspecified atom stereocenters. The lowest BCUT2D eigenvalue weighted by Crippen LogP contribution is -2.39. The maximum atomic E-state index is 14.9. The van der Waals surface area contributed by atoms with Gasteiger partial charge in [-0.1, -0.05) is 168 Å². The molecule has 0 N–H and O–H groups in total. The molecule has 6 aromatic rings. The Morgan fingerprint density at radius 3 is 0.724 bits per heavy atom. The second-order valence-electron chi connectivity index (χ2n) is 18.1. The van der Waals surface area contributed by atoms with E-state index < -0.39 is 24.2 Å². The molecule has 0 saturated heterocycles. The van der Waals surface area contributed by atoms with Gasteiger partial charge in [0.2, 0.25) is 0 Å². The van der Waals surface area contributed by atoms with Gasteiger partial charge in [-0.3, -0.25) is 0 Å². The Morgan fingerprint density at radius 1 is 0.310 bits per heavy atom. The number of nitrogens with zero attached hydrogens (tertiary/aromatic N) is 1. The standard InChI is InChI=1S/C51H54F3NSi3/c1-56(2,3)49-31-22-40(34-46(49)52)13-10-37-16-25-43(26-17-37)55(44-27-18-38(19-28-44)11-14-41-23-32-50(47(53)35-41)57(4,5)6)45-29-20-39(21-30-45)12-15-42-24-33-51(48(54)36-42)58(7,8)9/h10-36H,1-9H3. The van der Waals surface area contributed by atoms with Crippen LogP contribution >= 0.6 is 0 Å². The lowest BCUT2D eigenvalue weighted by atomic mass is 10.1. The minimum Gasteiger partial charge on any atom is -0.311 e. The Balaban J connectivity index is 1.27. The van der Waals surface area contributed by atoms with Gasteiger partial charge in [-0.05, 0) is 104 Å². The zero-order chi connectivity index (χ0) is 41.8. The number of hydrogen-bond donors (Lipinski definition) is 0. The third kappa shape index (κ3) is 10.6. The van der Waals surface area contributed by atoms with Crippen LogP contribution in [0.2, 0.25) is 58.9 Å². The molecule has 6 rings (SSSR count). The fourth-order valence-electron chi connectivity index (χ4n) is 6.96. The van der Waals surface area contributed by atoms with Crippen molar-refractivity contribution in [3.05, 3.63) is 178 Å². The highest BCUT2D eigenvalue weighted by Crippen LogP contribution is 2.35. The summed E-state index contributed by atoms with van der Waals surface area (Å²) in [6, 6.07) is 41.6. The molecular formula is C51H54F3NSi3. The van der Waals surface area contributed by atoms with Crippen LogP contribution in [-0.4, -0.2) is 24.2 Å². The Morgan fingerprint density at radius 2 is 0.517 bits per heavy atom. The van der Waals surface area contributed by atoms with Gasteiger partial charge >= 0.3 is 0 Å². The van der Waals surface area contributed by atoms with Gasteiger partial charge in [0.15, 0.2) is 0 Å². The van der Waals surface area contributed by atoms with Crippen LogP contribution in [0.25, 0.3) is 36.5 Å². The van der Waals surface area contributed by atoms with E-state index in [1.54, 1.807) is 18.2 Å². The summed E-state index contributed by atoms with van der Waals surface area (Å²) in [5.74, 6) is -0.402. The van der Waals surface area contributed by atoms with Crippen LogP contribution in [-0.2, 0) is 0 Å². The van der Waals surface area contributed by atoms with E-state index in [0.29, 0.717) is 0 Å². The van der Waals surface area contributed by atoms with Crippen LogP contribution in [0.4, 0.5) is 30.2 Å². The minimum atomic E-state index is -1.76. The van der Waals surface area contributed by atoms with E-state index >= 15 is 0 Å². The van der Waals surface area contributed by atoms with Crippen LogP contribution < -0.4 is 20.5 Å². The first-order valence-corrected chi connectivity index (χ1v) is 30.4. The number of halogens is 3. The molecule has 0 radical (unpaired) electrons. The molecule has 0 fully saturated rings. The lowest BCUT2D eigenvalue weighted by Gasteiger charge is -2.26. The van der Waals surface area contributed by atoms with E-state index in [0.717, 1.165) is 66.0 Å². The Hall–Kier alpha value is -5.22. The maximum absolute atomic E-state index is 14.9. The molecule has 0 saturated carbocycles. The van der Waals surface area contributed by atoms with Crippen molar-refractivity contribution in [3.63, 3.8) is 0 Å². The number of anilines is 3. The fourth-order valence-corrected chi connectivity index (χ4v) is 11.1. The highest BCUT2D eigenvalue weighted by Gasteiger charge is 2.22. The van der Waals surface area contributed by atoms with Crippen molar-refractivity contribution in [2.45, 2.75) is 58.9 Å². The van der Waals surface area contributed by atoms with Gasteiger partial charge in [-0.15, -0.1) is 0 Å². The lowest BCUT2D eigenvalue weighted by molar-refractivity contribution is 0.634. The van der Waals surface area contributed by atoms with Gasteiger partial charge < -0.3 is 4.90 Å². The Kier molecular flexibility index (Phi) is 12.7. The first-order chi connectivity index (χ1) is 27.3. The highest BCUT2D eigenvalue weighted by atomic mass is 28.3. The fraction of sp³-hybridized carbons (Fsp3) is 0.176. The predicted molar refractivity (Wildman–Crippen MR) is 256 cm³/mol. The van der Waals surface area contributed by atoms with Gasteiger partial charge in [-0.2, -0.15) is 0 Å². The van der Waals surface area contributed by atoms with Gasteiger partial charge in [-0.25, -0.2) is 13.2 Å². The minimum absolute atomic E-state index is 0.134. The second-order valence-corrected chi connectivity index (χ2v) is 33.2. The topological polar surface area (TPSA) is 3.24 Å². The summed E-state index contributed by atoms with van der Waals surface area (Å²) in [7, 11) is -5.27. The number of hydrogen-bond acceptors (Lipinski definition) is 1. The molecule has 6 aromatic carbocycles. The molecular weight excluding hydrogens is 768 g/mol. The largest absolute Gasteiger partial charge is 0.311 e. The zero-order valence-electron chi connectivity index (χ0n) is 35.2. The van der Waals surface area contributed by atoms with E-state index in [4.69, 9.17) is 0 Å². The molecule has 58 heavy (non-hydrogen) atoms. The van der Waals surface area contributed by atoms with E-state index in [9.17, 15) is 13.2 Å². The molecule has 7 heteroatoms. The van der Waals surface area contributed by atoms with Crippen molar-refractivity contribution in [2.75, 3.05) is 4.90 Å². The van der Waals surface area contributed by atoms with Crippen LogP contribution in [0.1, 0.15) is 33.4 Å². The molecule has 1 nitrogen and oxygen atoms in total. The summed E-state index contributed by atoms with van der Waals surface area (Å²) in [6.07, 6.45) is 11.9. The summed E-state index contributed by atoms with van der Waals surface area (Å²) < 4.78 is 44.8. The summed E-state index contributed by atoms with van der Waals surface area (Å²) in [5, 5.41) is 2.52. The molecule has 0 atom stereocenters. The van der Waals surface area contributed by atoms with Crippen LogP contribution in [0.5, 0.6) is 0 Å². The van der Waals surface area contributed by atoms with Crippen molar-refractivity contribution >= 4 is 93.3 Å². The first kappa shape index (κ1) is 42.4. The van der Waals surface area contributed by atoms with E-state index in [-0.39, 0.29) is 17.5 Å². The molecule has 296 valence electrons. The second kappa shape index (κ2) is 17.3. The van der Waals surface area contributed by atoms with Crippen LogP contribution in [0.15, 0.2) is 127 Å². The molecule has 0 aromatic heterocycles. The van der Waals surface area contributed by atoms with Crippen molar-refractivity contribution in [3.8, 4) is 0 Å². The van der Waals surface area contributed by atoms with E-state index in [1.807, 2.05) is 72.9 Å². The quantitative estimate of drug-likeness (QED) is 0.0878. The van der Waals surface area contributed by atoms with Gasteiger partial charge in [0.05, 0.1) is 24.2 Å². The number of rotatable bonds is 12. The summed E-state index contributed by atoms with van der Waals surface area (Å²) in [4.78, 5) is 2.20. The van der Waals surface area contributed by atoms with Crippen LogP contribution in [0, 0.1) is 17.5 Å². The van der Waals surface area contributed by atoms with Crippen LogP contribution in [0.3, 0.4) is 0 Å². The SMILES string of the molecule is C[Si](C)(C)c1ccc(C=Cc2ccc(N(c3ccc(C=Cc4ccc([Si](C)(C)C)c(F)c4)cc3)c3ccc(C=Cc4ccc([Si](C)(C)C)c(F)c4)cc3)cc2)cc1F. The summed E-state index contributed by atoms with van der Waals surface area (Å²) in [6.45, 7) is 19.4. The van der Waals surface area contributed by atoms with Crippen molar-refractivity contribution in [1.82, 2.24) is 0 Å². The van der Waals surface area contributed by atoms with E-state index in [1.165, 1.54) is 0 Å². The molecule has 0 amide bonds. The average molecular weight is 822 g/mol. The first-order valence-electron chi connectivity index (χ1n) is 19.9. The Bertz CT molecular complexity index is 2190. The highest BCUT2D eigenvalue weighted by molar-refractivity contribution is 6.89. The number of benzene rings is 6. The third-order valence-corrected chi connectivity index (χ3v) is 16.3. The molecule has 0 aliphatic heterocycles.